The molecule has 0 radical (unpaired) electrons. The summed E-state index contributed by atoms with van der Waals surface area (Å²) in [5.41, 5.74) is 0. The van der Waals surface area contributed by atoms with Crippen LogP contribution in [0.3, 0.4) is 0 Å². The quantitative estimate of drug-likeness (QED) is 0.341. The standard InChI is InChI=1S/C13H24O2.C3H9N/c1-3-5-6-7-8-9-10-11-12-15-13(14)4-2;1-4(2)3/h4H,2-3,5-12H2,1H3;1-3H3. The van der Waals surface area contributed by atoms with E-state index in [0.29, 0.717) is 6.61 Å². The highest BCUT2D eigenvalue weighted by Crippen LogP contribution is 2.08. The highest BCUT2D eigenvalue weighted by molar-refractivity contribution is 5.81. The lowest BCUT2D eigenvalue weighted by molar-refractivity contribution is -0.137. The number of unbranched alkanes of at least 4 members (excludes halogenated alkanes) is 7. The minimum Gasteiger partial charge on any atom is -0.463 e. The number of rotatable bonds is 10. The normalized spacial score (nSPS) is 9.74. The largest absolute Gasteiger partial charge is 0.463 e. The van der Waals surface area contributed by atoms with Gasteiger partial charge >= 0.3 is 5.97 Å². The van der Waals surface area contributed by atoms with Crippen LogP contribution in [0.5, 0.6) is 0 Å². The number of hydrogen-bond acceptors (Lipinski definition) is 3. The van der Waals surface area contributed by atoms with Gasteiger partial charge in [0.2, 0.25) is 0 Å². The Bertz CT molecular complexity index is 200. The molecule has 0 aromatic heterocycles. The Hall–Kier alpha value is -0.830. The summed E-state index contributed by atoms with van der Waals surface area (Å²) in [5.74, 6) is -0.307. The fourth-order valence-electron chi connectivity index (χ4n) is 1.47. The fraction of sp³-hybridized carbons (Fsp3) is 0.812. The topological polar surface area (TPSA) is 29.5 Å². The molecule has 0 aliphatic rings. The van der Waals surface area contributed by atoms with Gasteiger partial charge < -0.3 is 9.64 Å². The molecule has 0 N–H and O–H groups in total. The highest BCUT2D eigenvalue weighted by atomic mass is 16.5. The van der Waals surface area contributed by atoms with E-state index >= 15 is 0 Å². The lowest BCUT2D eigenvalue weighted by Crippen LogP contribution is -2.01. The minimum absolute atomic E-state index is 0.307. The number of ether oxygens (including phenoxy) is 1. The summed E-state index contributed by atoms with van der Waals surface area (Å²) >= 11 is 0. The van der Waals surface area contributed by atoms with E-state index in [2.05, 4.69) is 13.5 Å². The zero-order valence-electron chi connectivity index (χ0n) is 13.4. The summed E-state index contributed by atoms with van der Waals surface area (Å²) in [6, 6.07) is 0. The van der Waals surface area contributed by atoms with E-state index < -0.39 is 0 Å². The first-order chi connectivity index (χ1) is 9.04. The average molecular weight is 271 g/mol. The smallest absolute Gasteiger partial charge is 0.330 e. The van der Waals surface area contributed by atoms with Gasteiger partial charge in [-0.1, -0.05) is 58.4 Å². The molecular weight excluding hydrogens is 238 g/mol. The average Bonchev–Trinajstić information content (AvgIpc) is 2.36. The van der Waals surface area contributed by atoms with Gasteiger partial charge in [-0.25, -0.2) is 4.79 Å². The fourth-order valence-corrected chi connectivity index (χ4v) is 1.47. The van der Waals surface area contributed by atoms with Crippen molar-refractivity contribution in [1.82, 2.24) is 4.90 Å². The van der Waals surface area contributed by atoms with Crippen molar-refractivity contribution >= 4 is 5.97 Å². The molecule has 0 aliphatic heterocycles. The zero-order valence-corrected chi connectivity index (χ0v) is 13.4. The van der Waals surface area contributed by atoms with Crippen molar-refractivity contribution in [2.75, 3.05) is 27.7 Å². The summed E-state index contributed by atoms with van der Waals surface area (Å²) in [5, 5.41) is 0. The molecule has 0 heterocycles. The maximum Gasteiger partial charge on any atom is 0.330 e. The van der Waals surface area contributed by atoms with Gasteiger partial charge in [-0.3, -0.25) is 0 Å². The van der Waals surface area contributed by atoms with Crippen LogP contribution in [0.15, 0.2) is 12.7 Å². The number of nitrogens with zero attached hydrogens (tertiary/aromatic N) is 1. The molecule has 0 rings (SSSR count). The molecule has 0 aromatic rings. The molecule has 0 spiro atoms. The lowest BCUT2D eigenvalue weighted by Gasteiger charge is -2.02. The van der Waals surface area contributed by atoms with Crippen molar-refractivity contribution in [1.29, 1.82) is 0 Å². The van der Waals surface area contributed by atoms with E-state index in [-0.39, 0.29) is 5.97 Å². The third kappa shape index (κ3) is 26.7. The highest BCUT2D eigenvalue weighted by Gasteiger charge is 1.95. The predicted octanol–water partition coefficient (Wildman–Crippen LogP) is 4.03. The minimum atomic E-state index is -0.307. The molecule has 3 nitrogen and oxygen atoms in total. The van der Waals surface area contributed by atoms with Crippen LogP contribution in [0.1, 0.15) is 58.3 Å². The SMILES string of the molecule is C=CC(=O)OCCCCCCCCCC.CN(C)C. The Morgan fingerprint density at radius 3 is 1.84 bits per heavy atom. The molecule has 0 fully saturated rings. The molecule has 19 heavy (non-hydrogen) atoms. The van der Waals surface area contributed by atoms with Crippen molar-refractivity contribution in [2.45, 2.75) is 58.3 Å². The van der Waals surface area contributed by atoms with E-state index in [1.165, 1.54) is 44.6 Å². The molecule has 0 bridgehead atoms. The Labute approximate surface area is 120 Å². The predicted molar refractivity (Wildman–Crippen MR) is 83.4 cm³/mol. The van der Waals surface area contributed by atoms with Crippen LogP contribution >= 0.6 is 0 Å². The number of carbonyl (C=O) groups excluding carboxylic acids is 1. The molecule has 0 unspecified atom stereocenters. The lowest BCUT2D eigenvalue weighted by atomic mass is 10.1. The van der Waals surface area contributed by atoms with Gasteiger partial charge in [0.05, 0.1) is 6.61 Å². The Morgan fingerprint density at radius 2 is 1.42 bits per heavy atom. The summed E-state index contributed by atoms with van der Waals surface area (Å²) in [4.78, 5) is 12.7. The summed E-state index contributed by atoms with van der Waals surface area (Å²) in [7, 11) is 6.00. The molecule has 0 saturated heterocycles. The second-order valence-corrected chi connectivity index (χ2v) is 5.19. The van der Waals surface area contributed by atoms with Crippen LogP contribution in [0.4, 0.5) is 0 Å². The van der Waals surface area contributed by atoms with Gasteiger partial charge in [-0.15, -0.1) is 0 Å². The third-order valence-corrected chi connectivity index (χ3v) is 2.41. The Morgan fingerprint density at radius 1 is 1.00 bits per heavy atom. The zero-order chi connectivity index (χ0) is 14.9. The van der Waals surface area contributed by atoms with E-state index in [4.69, 9.17) is 4.74 Å². The van der Waals surface area contributed by atoms with Gasteiger partial charge in [-0.2, -0.15) is 0 Å². The van der Waals surface area contributed by atoms with Gasteiger partial charge in [0.25, 0.3) is 0 Å². The molecule has 0 saturated carbocycles. The number of carbonyl (C=O) groups is 1. The van der Waals surface area contributed by atoms with E-state index in [0.717, 1.165) is 12.8 Å². The molecular formula is C16H33NO2. The van der Waals surface area contributed by atoms with Gasteiger partial charge in [0, 0.05) is 6.08 Å². The van der Waals surface area contributed by atoms with Crippen molar-refractivity contribution in [3.8, 4) is 0 Å². The van der Waals surface area contributed by atoms with Gasteiger partial charge in [-0.05, 0) is 27.6 Å². The van der Waals surface area contributed by atoms with Crippen LogP contribution in [0.25, 0.3) is 0 Å². The Kier molecular flexibility index (Phi) is 18.5. The van der Waals surface area contributed by atoms with Crippen molar-refractivity contribution in [3.05, 3.63) is 12.7 Å². The van der Waals surface area contributed by atoms with Gasteiger partial charge in [0.1, 0.15) is 0 Å². The molecule has 114 valence electrons. The van der Waals surface area contributed by atoms with Crippen LogP contribution in [-0.4, -0.2) is 38.6 Å². The second-order valence-electron chi connectivity index (χ2n) is 5.19. The molecule has 0 aromatic carbocycles. The second kappa shape index (κ2) is 17.2. The van der Waals surface area contributed by atoms with Crippen molar-refractivity contribution < 1.29 is 9.53 Å². The first-order valence-corrected chi connectivity index (χ1v) is 7.44. The maximum absolute atomic E-state index is 10.7. The monoisotopic (exact) mass is 271 g/mol. The van der Waals surface area contributed by atoms with Crippen LogP contribution in [0.2, 0.25) is 0 Å². The first kappa shape index (κ1) is 20.5. The summed E-state index contributed by atoms with van der Waals surface area (Å²) in [6.45, 7) is 6.11. The van der Waals surface area contributed by atoms with Crippen molar-refractivity contribution in [2.24, 2.45) is 0 Å². The van der Waals surface area contributed by atoms with Gasteiger partial charge in [0.15, 0.2) is 0 Å². The number of esters is 1. The molecule has 3 heteroatoms. The molecule has 0 amide bonds. The van der Waals surface area contributed by atoms with Crippen LogP contribution in [-0.2, 0) is 9.53 Å². The first-order valence-electron chi connectivity index (χ1n) is 7.44. The number of hydrogen-bond donors (Lipinski definition) is 0. The van der Waals surface area contributed by atoms with Crippen LogP contribution in [0, 0.1) is 0 Å². The summed E-state index contributed by atoms with van der Waals surface area (Å²) in [6.07, 6.45) is 11.3. The maximum atomic E-state index is 10.7. The van der Waals surface area contributed by atoms with E-state index in [1.807, 2.05) is 26.0 Å². The summed E-state index contributed by atoms with van der Waals surface area (Å²) < 4.78 is 4.88. The third-order valence-electron chi connectivity index (χ3n) is 2.41. The Balaban J connectivity index is 0. The molecule has 0 aliphatic carbocycles. The van der Waals surface area contributed by atoms with Crippen LogP contribution < -0.4 is 0 Å². The van der Waals surface area contributed by atoms with E-state index in [1.54, 1.807) is 0 Å². The molecule has 0 atom stereocenters. The van der Waals surface area contributed by atoms with E-state index in [9.17, 15) is 4.79 Å². The van der Waals surface area contributed by atoms with Crippen molar-refractivity contribution in [3.63, 3.8) is 0 Å².